The first-order valence-electron chi connectivity index (χ1n) is 10.7. The molecule has 31 heavy (non-hydrogen) atoms. The lowest BCUT2D eigenvalue weighted by molar-refractivity contribution is -0.149. The molecule has 0 saturated carbocycles. The van der Waals surface area contributed by atoms with Crippen molar-refractivity contribution in [3.8, 4) is 16.9 Å². The van der Waals surface area contributed by atoms with Crippen molar-refractivity contribution in [3.05, 3.63) is 52.0 Å². The molecule has 2 aromatic rings. The number of carbonyl (C=O) groups excluding carboxylic acids is 2. The zero-order chi connectivity index (χ0) is 21.5. The van der Waals surface area contributed by atoms with Gasteiger partial charge in [0.1, 0.15) is 18.4 Å². The molecule has 0 bridgehead atoms. The summed E-state index contributed by atoms with van der Waals surface area (Å²) in [7, 11) is 0. The Morgan fingerprint density at radius 1 is 1.19 bits per heavy atom. The lowest BCUT2D eigenvalue weighted by Gasteiger charge is -2.28. The SMILES string of the molecule is CCO[C@@H]1CN[C@H](C(=O)OC2CCc3cc4c(cc3C2=O)OCc2cc(Cl)ccc2-4)C1. The van der Waals surface area contributed by atoms with Gasteiger partial charge in [-0.2, -0.15) is 0 Å². The maximum Gasteiger partial charge on any atom is 0.323 e. The second kappa shape index (κ2) is 8.26. The Kier molecular flexibility index (Phi) is 5.46. The molecule has 7 heteroatoms. The lowest BCUT2D eigenvalue weighted by Crippen LogP contribution is -2.39. The van der Waals surface area contributed by atoms with Gasteiger partial charge in [-0.25, -0.2) is 0 Å². The highest BCUT2D eigenvalue weighted by molar-refractivity contribution is 6.30. The van der Waals surface area contributed by atoms with Gasteiger partial charge in [0.2, 0.25) is 5.78 Å². The van der Waals surface area contributed by atoms with Gasteiger partial charge in [0, 0.05) is 35.7 Å². The molecule has 1 aliphatic carbocycles. The number of carbonyl (C=O) groups is 2. The van der Waals surface area contributed by atoms with Crippen LogP contribution in [0.1, 0.15) is 41.3 Å². The topological polar surface area (TPSA) is 73.9 Å². The lowest BCUT2D eigenvalue weighted by atomic mass is 9.85. The number of ether oxygens (including phenoxy) is 3. The number of fused-ring (bicyclic) bond motifs is 4. The Labute approximate surface area is 185 Å². The van der Waals surface area contributed by atoms with E-state index in [-0.39, 0.29) is 17.9 Å². The predicted octanol–water partition coefficient (Wildman–Crippen LogP) is 3.71. The molecule has 1 unspecified atom stereocenters. The normalized spacial score (nSPS) is 24.1. The first-order valence-corrected chi connectivity index (χ1v) is 11.1. The van der Waals surface area contributed by atoms with Crippen molar-refractivity contribution >= 4 is 23.4 Å². The van der Waals surface area contributed by atoms with Crippen molar-refractivity contribution in [1.82, 2.24) is 5.32 Å². The van der Waals surface area contributed by atoms with Crippen LogP contribution in [0.15, 0.2) is 30.3 Å². The smallest absolute Gasteiger partial charge is 0.323 e. The molecular formula is C24H24ClNO5. The summed E-state index contributed by atoms with van der Waals surface area (Å²) in [5.41, 5.74) is 4.61. The number of rotatable bonds is 4. The van der Waals surface area contributed by atoms with Gasteiger partial charge in [-0.1, -0.05) is 17.7 Å². The number of hydrogen-bond acceptors (Lipinski definition) is 6. The molecule has 0 spiro atoms. The van der Waals surface area contributed by atoms with Crippen LogP contribution in [0.4, 0.5) is 0 Å². The molecule has 1 N–H and O–H groups in total. The third kappa shape index (κ3) is 3.84. The number of benzene rings is 2. The van der Waals surface area contributed by atoms with Crippen molar-refractivity contribution in [2.24, 2.45) is 0 Å². The Morgan fingerprint density at radius 2 is 2.06 bits per heavy atom. The number of nitrogens with one attached hydrogen (secondary N) is 1. The molecule has 1 fully saturated rings. The van der Waals surface area contributed by atoms with Gasteiger partial charge in [-0.05, 0) is 60.7 Å². The predicted molar refractivity (Wildman–Crippen MR) is 116 cm³/mol. The van der Waals surface area contributed by atoms with Gasteiger partial charge < -0.3 is 19.5 Å². The monoisotopic (exact) mass is 441 g/mol. The van der Waals surface area contributed by atoms with E-state index in [2.05, 4.69) is 5.32 Å². The molecule has 2 aliphatic heterocycles. The Bertz CT molecular complexity index is 1050. The van der Waals surface area contributed by atoms with Gasteiger partial charge in [-0.3, -0.25) is 9.59 Å². The third-order valence-electron chi connectivity index (χ3n) is 6.22. The van der Waals surface area contributed by atoms with E-state index >= 15 is 0 Å². The standard InChI is InChI=1S/C24H24ClNO5/c1-2-29-16-9-20(26-11-16)24(28)31-21-6-3-13-8-19-17-5-4-15(25)7-14(17)12-30-22(19)10-18(13)23(21)27/h4-5,7-8,10,16,20-21,26H,2-3,6,9,11-12H2,1H3/t16-,20-,21?/m0/s1. The van der Waals surface area contributed by atoms with Crippen LogP contribution in [-0.4, -0.2) is 43.2 Å². The molecule has 2 heterocycles. The van der Waals surface area contributed by atoms with E-state index in [4.69, 9.17) is 25.8 Å². The number of hydrogen-bond donors (Lipinski definition) is 1. The van der Waals surface area contributed by atoms with Crippen LogP contribution in [0.25, 0.3) is 11.1 Å². The average Bonchev–Trinajstić information content (AvgIpc) is 3.23. The highest BCUT2D eigenvalue weighted by Crippen LogP contribution is 2.41. The van der Waals surface area contributed by atoms with E-state index in [1.54, 1.807) is 6.07 Å². The maximum atomic E-state index is 13.1. The second-order valence-corrected chi connectivity index (χ2v) is 8.63. The first kappa shape index (κ1) is 20.5. The Morgan fingerprint density at radius 3 is 2.90 bits per heavy atom. The quantitative estimate of drug-likeness (QED) is 0.729. The van der Waals surface area contributed by atoms with Crippen LogP contribution in [0, 0.1) is 0 Å². The summed E-state index contributed by atoms with van der Waals surface area (Å²) in [5.74, 6) is 0.122. The first-order chi connectivity index (χ1) is 15.0. The molecule has 3 aliphatic rings. The van der Waals surface area contributed by atoms with Gasteiger partial charge in [0.25, 0.3) is 0 Å². The summed E-state index contributed by atoms with van der Waals surface area (Å²) in [4.78, 5) is 25.7. The van der Waals surface area contributed by atoms with Gasteiger partial charge >= 0.3 is 5.97 Å². The van der Waals surface area contributed by atoms with Crippen LogP contribution in [0.3, 0.4) is 0 Å². The highest BCUT2D eigenvalue weighted by Gasteiger charge is 2.36. The third-order valence-corrected chi connectivity index (χ3v) is 6.45. The Balaban J connectivity index is 1.34. The number of halogens is 1. The largest absolute Gasteiger partial charge is 0.488 e. The summed E-state index contributed by atoms with van der Waals surface area (Å²) >= 11 is 6.11. The highest BCUT2D eigenvalue weighted by atomic mass is 35.5. The number of esters is 1. The second-order valence-electron chi connectivity index (χ2n) is 8.20. The number of aryl methyl sites for hydroxylation is 1. The van der Waals surface area contributed by atoms with Crippen LogP contribution in [0.2, 0.25) is 5.02 Å². The maximum absolute atomic E-state index is 13.1. The molecule has 0 radical (unpaired) electrons. The van der Waals surface area contributed by atoms with E-state index < -0.39 is 12.1 Å². The molecule has 3 atom stereocenters. The van der Waals surface area contributed by atoms with Gasteiger partial charge in [0.05, 0.1) is 6.10 Å². The van der Waals surface area contributed by atoms with Crippen LogP contribution in [0.5, 0.6) is 5.75 Å². The minimum absolute atomic E-state index is 0.00626. The van der Waals surface area contributed by atoms with Crippen LogP contribution in [-0.2, 0) is 27.3 Å². The summed E-state index contributed by atoms with van der Waals surface area (Å²) < 4.78 is 17.1. The van der Waals surface area contributed by atoms with Crippen molar-refractivity contribution < 1.29 is 23.8 Å². The molecule has 5 rings (SSSR count). The van der Waals surface area contributed by atoms with E-state index in [0.29, 0.717) is 55.4 Å². The molecule has 1 saturated heterocycles. The number of ketones is 1. The van der Waals surface area contributed by atoms with Crippen LogP contribution >= 0.6 is 11.6 Å². The van der Waals surface area contributed by atoms with E-state index in [9.17, 15) is 9.59 Å². The zero-order valence-electron chi connectivity index (χ0n) is 17.3. The van der Waals surface area contributed by atoms with Crippen LogP contribution < -0.4 is 10.1 Å². The fourth-order valence-corrected chi connectivity index (χ4v) is 4.86. The average molecular weight is 442 g/mol. The Hall–Kier alpha value is -2.41. The van der Waals surface area contributed by atoms with E-state index in [1.165, 1.54) is 0 Å². The van der Waals surface area contributed by atoms with E-state index in [0.717, 1.165) is 22.3 Å². The van der Waals surface area contributed by atoms with Gasteiger partial charge in [0.15, 0.2) is 6.10 Å². The molecule has 6 nitrogen and oxygen atoms in total. The molecule has 162 valence electrons. The summed E-state index contributed by atoms with van der Waals surface area (Å²) in [6.45, 7) is 3.56. The van der Waals surface area contributed by atoms with Crippen molar-refractivity contribution in [2.45, 2.75) is 51.0 Å². The van der Waals surface area contributed by atoms with Crippen molar-refractivity contribution in [1.29, 1.82) is 0 Å². The minimum Gasteiger partial charge on any atom is -0.488 e. The zero-order valence-corrected chi connectivity index (χ0v) is 18.0. The summed E-state index contributed by atoms with van der Waals surface area (Å²) in [6.07, 6.45) is 0.947. The summed E-state index contributed by atoms with van der Waals surface area (Å²) in [5, 5.41) is 3.80. The fraction of sp³-hybridized carbons (Fsp3) is 0.417. The minimum atomic E-state index is -0.763. The summed E-state index contributed by atoms with van der Waals surface area (Å²) in [6, 6.07) is 9.16. The molecular weight excluding hydrogens is 418 g/mol. The molecule has 0 amide bonds. The molecule has 0 aromatic heterocycles. The van der Waals surface area contributed by atoms with Gasteiger partial charge in [-0.15, -0.1) is 0 Å². The van der Waals surface area contributed by atoms with Crippen molar-refractivity contribution in [2.75, 3.05) is 13.2 Å². The fourth-order valence-electron chi connectivity index (χ4n) is 4.66. The number of Topliss-reactive ketones (excluding diaryl/α,β-unsaturated/α-hetero) is 1. The van der Waals surface area contributed by atoms with Crippen molar-refractivity contribution in [3.63, 3.8) is 0 Å². The van der Waals surface area contributed by atoms with E-state index in [1.807, 2.05) is 31.2 Å². The molecule has 2 aromatic carbocycles.